The minimum absolute atomic E-state index is 0.175. The van der Waals surface area contributed by atoms with Gasteiger partial charge in [0.2, 0.25) is 5.88 Å². The molecule has 1 fully saturated rings. The van der Waals surface area contributed by atoms with Gasteiger partial charge in [-0.2, -0.15) is 0 Å². The van der Waals surface area contributed by atoms with Gasteiger partial charge in [-0.1, -0.05) is 13.8 Å². The number of halogens is 1. The summed E-state index contributed by atoms with van der Waals surface area (Å²) in [5, 5.41) is 0. The van der Waals surface area contributed by atoms with Crippen LogP contribution in [0.3, 0.4) is 0 Å². The largest absolute Gasteiger partial charge is 0.473 e. The number of nitrogens with zero attached hydrogens (tertiary/aromatic N) is 1. The molecule has 0 aromatic carbocycles. The Morgan fingerprint density at radius 1 is 1.47 bits per heavy atom. The molecule has 0 saturated heterocycles. The Kier molecular flexibility index (Phi) is 3.56. The molecule has 1 aliphatic carbocycles. The van der Waals surface area contributed by atoms with E-state index in [9.17, 15) is 4.79 Å². The van der Waals surface area contributed by atoms with Crippen molar-refractivity contribution in [2.45, 2.75) is 45.6 Å². The first-order valence-corrected chi connectivity index (χ1v) is 6.67. The van der Waals surface area contributed by atoms with Gasteiger partial charge in [0, 0.05) is 0 Å². The van der Waals surface area contributed by atoms with Gasteiger partial charge in [-0.15, -0.1) is 0 Å². The van der Waals surface area contributed by atoms with Gasteiger partial charge in [0.05, 0.1) is 6.33 Å². The first-order chi connectivity index (χ1) is 7.98. The normalized spacial score (nSPS) is 20.2. The summed E-state index contributed by atoms with van der Waals surface area (Å²) in [7, 11) is 0. The molecule has 1 heterocycles. The van der Waals surface area contributed by atoms with Crippen LogP contribution in [0.5, 0.6) is 5.88 Å². The highest BCUT2D eigenvalue weighted by molar-refractivity contribution is 9.10. The first kappa shape index (κ1) is 12.6. The van der Waals surface area contributed by atoms with Gasteiger partial charge in [-0.05, 0) is 47.0 Å². The fraction of sp³-hybridized carbons (Fsp3) is 0.667. The topological polar surface area (TPSA) is 55.0 Å². The molecule has 4 nitrogen and oxygen atoms in total. The van der Waals surface area contributed by atoms with Crippen molar-refractivity contribution in [3.63, 3.8) is 0 Å². The lowest BCUT2D eigenvalue weighted by atomic mass is 9.76. The van der Waals surface area contributed by atoms with Gasteiger partial charge in [0.1, 0.15) is 10.6 Å². The Labute approximate surface area is 109 Å². The quantitative estimate of drug-likeness (QED) is 0.914. The standard InChI is InChI=1S/C12H17BrN2O2/c1-12(2)5-3-8(4-6-12)17-11-9(13)10(16)14-7-15-11/h7-8H,3-6H2,1-2H3,(H,14,15,16). The van der Waals surface area contributed by atoms with Crippen LogP contribution in [0.25, 0.3) is 0 Å². The number of aromatic nitrogens is 2. The molecule has 17 heavy (non-hydrogen) atoms. The minimum atomic E-state index is -0.203. The summed E-state index contributed by atoms with van der Waals surface area (Å²) in [5.41, 5.74) is 0.213. The molecule has 0 bridgehead atoms. The van der Waals surface area contributed by atoms with Crippen LogP contribution < -0.4 is 10.3 Å². The number of hydrogen-bond acceptors (Lipinski definition) is 3. The van der Waals surface area contributed by atoms with Crippen molar-refractivity contribution >= 4 is 15.9 Å². The van der Waals surface area contributed by atoms with E-state index in [0.717, 1.165) is 25.7 Å². The fourth-order valence-corrected chi connectivity index (χ4v) is 2.41. The van der Waals surface area contributed by atoms with Crippen molar-refractivity contribution in [1.29, 1.82) is 0 Å². The Bertz CT molecular complexity index is 446. The zero-order chi connectivity index (χ0) is 12.5. The van der Waals surface area contributed by atoms with Gasteiger partial charge in [0.15, 0.2) is 0 Å². The van der Waals surface area contributed by atoms with Gasteiger partial charge < -0.3 is 9.72 Å². The molecule has 0 unspecified atom stereocenters. The van der Waals surface area contributed by atoms with Gasteiger partial charge >= 0.3 is 0 Å². The van der Waals surface area contributed by atoms with Crippen LogP contribution in [0.2, 0.25) is 0 Å². The predicted molar refractivity (Wildman–Crippen MR) is 69.2 cm³/mol. The van der Waals surface area contributed by atoms with Crippen LogP contribution in [0.4, 0.5) is 0 Å². The van der Waals surface area contributed by atoms with E-state index in [1.165, 1.54) is 6.33 Å². The summed E-state index contributed by atoms with van der Waals surface area (Å²) >= 11 is 3.20. The van der Waals surface area contributed by atoms with Crippen LogP contribution in [0.15, 0.2) is 15.6 Å². The molecule has 0 atom stereocenters. The SMILES string of the molecule is CC1(C)CCC(Oc2nc[nH]c(=O)c2Br)CC1. The Hall–Kier alpha value is -0.840. The monoisotopic (exact) mass is 300 g/mol. The lowest BCUT2D eigenvalue weighted by Gasteiger charge is -2.34. The van der Waals surface area contributed by atoms with Crippen molar-refractivity contribution < 1.29 is 4.74 Å². The third-order valence-electron chi connectivity index (χ3n) is 3.33. The molecule has 1 saturated carbocycles. The van der Waals surface area contributed by atoms with Gasteiger partial charge in [0.25, 0.3) is 5.56 Å². The highest BCUT2D eigenvalue weighted by Crippen LogP contribution is 2.36. The Morgan fingerprint density at radius 3 is 2.76 bits per heavy atom. The molecule has 0 spiro atoms. The van der Waals surface area contributed by atoms with E-state index in [-0.39, 0.29) is 11.7 Å². The first-order valence-electron chi connectivity index (χ1n) is 5.88. The molecule has 1 aromatic rings. The van der Waals surface area contributed by atoms with Gasteiger partial charge in [-0.25, -0.2) is 4.98 Å². The van der Waals surface area contributed by atoms with Crippen molar-refractivity contribution in [1.82, 2.24) is 9.97 Å². The Balaban J connectivity index is 2.03. The summed E-state index contributed by atoms with van der Waals surface area (Å²) in [6, 6.07) is 0. The number of rotatable bonds is 2. The van der Waals surface area contributed by atoms with Crippen LogP contribution in [0.1, 0.15) is 39.5 Å². The maximum Gasteiger partial charge on any atom is 0.268 e. The zero-order valence-electron chi connectivity index (χ0n) is 10.1. The molecule has 94 valence electrons. The van der Waals surface area contributed by atoms with E-state index < -0.39 is 0 Å². The summed E-state index contributed by atoms with van der Waals surface area (Å²) < 4.78 is 6.16. The molecular weight excluding hydrogens is 284 g/mol. The van der Waals surface area contributed by atoms with E-state index in [4.69, 9.17) is 4.74 Å². The summed E-state index contributed by atoms with van der Waals surface area (Å²) in [6.07, 6.45) is 5.89. The molecule has 1 aliphatic rings. The van der Waals surface area contributed by atoms with Crippen molar-refractivity contribution in [2.24, 2.45) is 5.41 Å². The van der Waals surface area contributed by atoms with Crippen molar-refractivity contribution in [3.8, 4) is 5.88 Å². The molecule has 0 amide bonds. The van der Waals surface area contributed by atoms with E-state index in [2.05, 4.69) is 39.7 Å². The molecule has 0 radical (unpaired) electrons. The second-order valence-electron chi connectivity index (χ2n) is 5.33. The highest BCUT2D eigenvalue weighted by Gasteiger charge is 2.28. The zero-order valence-corrected chi connectivity index (χ0v) is 11.7. The molecule has 5 heteroatoms. The minimum Gasteiger partial charge on any atom is -0.473 e. The van der Waals surface area contributed by atoms with Crippen molar-refractivity contribution in [3.05, 3.63) is 21.2 Å². The van der Waals surface area contributed by atoms with E-state index >= 15 is 0 Å². The van der Waals surface area contributed by atoms with Crippen LogP contribution in [-0.4, -0.2) is 16.1 Å². The average molecular weight is 301 g/mol. The third-order valence-corrected chi connectivity index (χ3v) is 4.03. The highest BCUT2D eigenvalue weighted by atomic mass is 79.9. The summed E-state index contributed by atoms with van der Waals surface area (Å²) in [5.74, 6) is 0.401. The maximum atomic E-state index is 11.4. The van der Waals surface area contributed by atoms with Crippen LogP contribution >= 0.6 is 15.9 Å². The van der Waals surface area contributed by atoms with E-state index in [0.29, 0.717) is 15.8 Å². The number of aromatic amines is 1. The van der Waals surface area contributed by atoms with E-state index in [1.54, 1.807) is 0 Å². The molecule has 1 aromatic heterocycles. The van der Waals surface area contributed by atoms with Crippen LogP contribution in [-0.2, 0) is 0 Å². The number of H-pyrrole nitrogens is 1. The smallest absolute Gasteiger partial charge is 0.268 e. The van der Waals surface area contributed by atoms with E-state index in [1.807, 2.05) is 0 Å². The van der Waals surface area contributed by atoms with Gasteiger partial charge in [-0.3, -0.25) is 4.79 Å². The lowest BCUT2D eigenvalue weighted by molar-refractivity contribution is 0.0939. The van der Waals surface area contributed by atoms with Crippen LogP contribution in [0, 0.1) is 5.41 Å². The van der Waals surface area contributed by atoms with Crippen molar-refractivity contribution in [2.75, 3.05) is 0 Å². The second kappa shape index (κ2) is 4.80. The predicted octanol–water partition coefficient (Wildman–Crippen LogP) is 2.88. The molecular formula is C12H17BrN2O2. The summed E-state index contributed by atoms with van der Waals surface area (Å²) in [6.45, 7) is 4.56. The second-order valence-corrected chi connectivity index (χ2v) is 6.13. The summed E-state index contributed by atoms with van der Waals surface area (Å²) in [4.78, 5) is 17.9. The number of hydrogen-bond donors (Lipinski definition) is 1. The average Bonchev–Trinajstić information content (AvgIpc) is 2.27. The fourth-order valence-electron chi connectivity index (χ4n) is 2.10. The molecule has 0 aliphatic heterocycles. The molecule has 1 N–H and O–H groups in total. The number of nitrogens with one attached hydrogen (secondary N) is 1. The third kappa shape index (κ3) is 3.09. The lowest BCUT2D eigenvalue weighted by Crippen LogP contribution is -2.29. The Morgan fingerprint density at radius 2 is 2.12 bits per heavy atom. The maximum absolute atomic E-state index is 11.4. The molecule has 2 rings (SSSR count). The number of ether oxygens (including phenoxy) is 1.